The van der Waals surface area contributed by atoms with Crippen LogP contribution in [-0.4, -0.2) is 20.7 Å². The fourth-order valence-electron chi connectivity index (χ4n) is 4.01. The van der Waals surface area contributed by atoms with Crippen molar-refractivity contribution in [3.8, 4) is 5.69 Å². The molecule has 1 atom stereocenters. The van der Waals surface area contributed by atoms with Gasteiger partial charge in [0.1, 0.15) is 0 Å². The van der Waals surface area contributed by atoms with Gasteiger partial charge in [-0.3, -0.25) is 9.78 Å². The van der Waals surface area contributed by atoms with Crippen molar-refractivity contribution in [3.05, 3.63) is 77.4 Å². The normalized spacial score (nSPS) is 17.8. The van der Waals surface area contributed by atoms with Gasteiger partial charge in [-0.2, -0.15) is 5.10 Å². The van der Waals surface area contributed by atoms with Crippen LogP contribution in [0.5, 0.6) is 0 Å². The van der Waals surface area contributed by atoms with Crippen LogP contribution in [0.4, 0.5) is 0 Å². The minimum absolute atomic E-state index is 0.0183. The van der Waals surface area contributed by atoms with Gasteiger partial charge in [0.25, 0.3) is 0 Å². The number of fused-ring (bicyclic) bond motifs is 1. The van der Waals surface area contributed by atoms with Gasteiger partial charge in [0.15, 0.2) is 0 Å². The van der Waals surface area contributed by atoms with E-state index in [1.807, 2.05) is 23.0 Å². The number of aromatic nitrogens is 3. The third kappa shape index (κ3) is 3.84. The molecule has 5 nitrogen and oxygen atoms in total. The molecule has 1 unspecified atom stereocenters. The van der Waals surface area contributed by atoms with Crippen molar-refractivity contribution in [1.29, 1.82) is 0 Å². The molecular weight excluding hydrogens is 348 g/mol. The predicted molar refractivity (Wildman–Crippen MR) is 109 cm³/mol. The number of rotatable bonds is 4. The molecule has 28 heavy (non-hydrogen) atoms. The third-order valence-corrected chi connectivity index (χ3v) is 5.38. The Labute approximate surface area is 165 Å². The van der Waals surface area contributed by atoms with E-state index in [9.17, 15) is 4.79 Å². The van der Waals surface area contributed by atoms with Crippen LogP contribution in [0.25, 0.3) is 5.69 Å². The summed E-state index contributed by atoms with van der Waals surface area (Å²) in [5.41, 5.74) is 5.61. The Hall–Kier alpha value is -2.95. The van der Waals surface area contributed by atoms with E-state index in [0.29, 0.717) is 6.42 Å². The molecule has 0 saturated carbocycles. The molecule has 144 valence electrons. The Balaban J connectivity index is 1.60. The first-order valence-corrected chi connectivity index (χ1v) is 9.73. The van der Waals surface area contributed by atoms with E-state index in [-0.39, 0.29) is 17.4 Å². The fraction of sp³-hybridized carbons (Fsp3) is 0.348. The molecule has 1 N–H and O–H groups in total. The molecule has 0 fully saturated rings. The van der Waals surface area contributed by atoms with Gasteiger partial charge in [-0.1, -0.05) is 37.6 Å². The van der Waals surface area contributed by atoms with E-state index in [0.717, 1.165) is 29.7 Å². The second-order valence-electron chi connectivity index (χ2n) is 8.50. The number of aryl methyl sites for hydroxylation is 1. The predicted octanol–water partition coefficient (Wildman–Crippen LogP) is 3.95. The summed E-state index contributed by atoms with van der Waals surface area (Å²) < 4.78 is 2.02. The molecule has 3 aromatic rings. The third-order valence-electron chi connectivity index (χ3n) is 5.38. The highest BCUT2D eigenvalue weighted by atomic mass is 16.1. The van der Waals surface area contributed by atoms with Gasteiger partial charge in [-0.05, 0) is 48.9 Å². The first-order valence-electron chi connectivity index (χ1n) is 9.73. The second kappa shape index (κ2) is 7.23. The van der Waals surface area contributed by atoms with Gasteiger partial charge in [0, 0.05) is 18.0 Å². The van der Waals surface area contributed by atoms with E-state index >= 15 is 0 Å². The summed E-state index contributed by atoms with van der Waals surface area (Å²) in [6.07, 6.45) is 7.55. The lowest BCUT2D eigenvalue weighted by molar-refractivity contribution is -0.121. The van der Waals surface area contributed by atoms with Gasteiger partial charge in [-0.25, -0.2) is 4.68 Å². The van der Waals surface area contributed by atoms with Crippen LogP contribution in [0.3, 0.4) is 0 Å². The largest absolute Gasteiger partial charge is 0.349 e. The Morgan fingerprint density at radius 3 is 2.71 bits per heavy atom. The molecule has 1 aliphatic carbocycles. The summed E-state index contributed by atoms with van der Waals surface area (Å²) >= 11 is 0. The quantitative estimate of drug-likeness (QED) is 0.752. The van der Waals surface area contributed by atoms with Crippen molar-refractivity contribution in [2.75, 3.05) is 0 Å². The molecule has 0 radical (unpaired) electrons. The molecule has 0 spiro atoms. The Morgan fingerprint density at radius 1 is 1.21 bits per heavy atom. The van der Waals surface area contributed by atoms with Gasteiger partial charge in [-0.15, -0.1) is 0 Å². The lowest BCUT2D eigenvalue weighted by Crippen LogP contribution is -2.37. The number of nitrogens with zero attached hydrogens (tertiary/aromatic N) is 3. The van der Waals surface area contributed by atoms with Crippen molar-refractivity contribution in [3.63, 3.8) is 0 Å². The molecule has 1 aliphatic rings. The number of hydrogen-bond acceptors (Lipinski definition) is 3. The van der Waals surface area contributed by atoms with Crippen molar-refractivity contribution >= 4 is 5.91 Å². The van der Waals surface area contributed by atoms with Crippen LogP contribution in [0, 0.1) is 12.3 Å². The smallest absolute Gasteiger partial charge is 0.224 e. The van der Waals surface area contributed by atoms with Crippen LogP contribution >= 0.6 is 0 Å². The van der Waals surface area contributed by atoms with Crippen LogP contribution in [0.15, 0.2) is 55.0 Å². The molecule has 5 heteroatoms. The Bertz CT molecular complexity index is 974. The van der Waals surface area contributed by atoms with Gasteiger partial charge >= 0.3 is 0 Å². The maximum absolute atomic E-state index is 12.6. The van der Waals surface area contributed by atoms with E-state index in [1.165, 1.54) is 11.3 Å². The van der Waals surface area contributed by atoms with Crippen molar-refractivity contribution in [2.45, 2.75) is 46.1 Å². The number of amides is 1. The summed E-state index contributed by atoms with van der Waals surface area (Å²) in [5, 5.41) is 7.89. The highest BCUT2D eigenvalue weighted by molar-refractivity contribution is 5.79. The standard InChI is InChI=1S/C23H26N4O/c1-16-6-8-18(9-7-16)27-21-13-23(2,3)12-20(19(21)15-25-27)26-22(28)11-17-5-4-10-24-14-17/h4-10,14-15,20H,11-13H2,1-3H3,(H,26,28). The topological polar surface area (TPSA) is 59.8 Å². The second-order valence-corrected chi connectivity index (χ2v) is 8.50. The van der Waals surface area contributed by atoms with Crippen molar-refractivity contribution in [2.24, 2.45) is 5.41 Å². The molecule has 0 saturated heterocycles. The number of pyridine rings is 1. The molecule has 1 aromatic carbocycles. The summed E-state index contributed by atoms with van der Waals surface area (Å²) in [6.45, 7) is 6.59. The zero-order valence-corrected chi connectivity index (χ0v) is 16.6. The van der Waals surface area contributed by atoms with Crippen molar-refractivity contribution in [1.82, 2.24) is 20.1 Å². The highest BCUT2D eigenvalue weighted by Crippen LogP contribution is 2.41. The molecule has 0 aliphatic heterocycles. The molecule has 4 rings (SSSR count). The van der Waals surface area contributed by atoms with E-state index in [4.69, 9.17) is 0 Å². The van der Waals surface area contributed by atoms with E-state index in [1.54, 1.807) is 12.4 Å². The minimum Gasteiger partial charge on any atom is -0.349 e. The maximum atomic E-state index is 12.6. The number of carbonyl (C=O) groups is 1. The van der Waals surface area contributed by atoms with E-state index < -0.39 is 0 Å². The van der Waals surface area contributed by atoms with Crippen molar-refractivity contribution < 1.29 is 4.79 Å². The van der Waals surface area contributed by atoms with Crippen LogP contribution in [-0.2, 0) is 17.6 Å². The van der Waals surface area contributed by atoms with Crippen LogP contribution < -0.4 is 5.32 Å². The first-order chi connectivity index (χ1) is 13.4. The number of hydrogen-bond donors (Lipinski definition) is 1. The number of nitrogens with one attached hydrogen (secondary N) is 1. The SMILES string of the molecule is Cc1ccc(-n2ncc3c2CC(C)(C)CC3NC(=O)Cc2cccnc2)cc1. The molecule has 1 amide bonds. The average molecular weight is 374 g/mol. The monoisotopic (exact) mass is 374 g/mol. The molecule has 0 bridgehead atoms. The number of carbonyl (C=O) groups excluding carboxylic acids is 1. The lowest BCUT2D eigenvalue weighted by Gasteiger charge is -2.36. The van der Waals surface area contributed by atoms with Gasteiger partial charge in [0.05, 0.1) is 30.0 Å². The summed E-state index contributed by atoms with van der Waals surface area (Å²) in [4.78, 5) is 16.7. The van der Waals surface area contributed by atoms with Crippen LogP contribution in [0.1, 0.15) is 48.7 Å². The van der Waals surface area contributed by atoms with Crippen LogP contribution in [0.2, 0.25) is 0 Å². The molecular formula is C23H26N4O. The van der Waals surface area contributed by atoms with Gasteiger partial charge < -0.3 is 5.32 Å². The Morgan fingerprint density at radius 2 is 2.00 bits per heavy atom. The van der Waals surface area contributed by atoms with E-state index in [2.05, 4.69) is 60.4 Å². The highest BCUT2D eigenvalue weighted by Gasteiger charge is 2.36. The Kier molecular flexibility index (Phi) is 4.75. The number of benzene rings is 1. The minimum atomic E-state index is -0.0258. The fourth-order valence-corrected chi connectivity index (χ4v) is 4.01. The lowest BCUT2D eigenvalue weighted by atomic mass is 9.74. The maximum Gasteiger partial charge on any atom is 0.224 e. The molecule has 2 heterocycles. The molecule has 2 aromatic heterocycles. The summed E-state index contributed by atoms with van der Waals surface area (Å²) in [5.74, 6) is 0.0183. The first kappa shape index (κ1) is 18.4. The summed E-state index contributed by atoms with van der Waals surface area (Å²) in [7, 11) is 0. The zero-order chi connectivity index (χ0) is 19.7. The summed E-state index contributed by atoms with van der Waals surface area (Å²) in [6, 6.07) is 12.2. The zero-order valence-electron chi connectivity index (χ0n) is 16.6. The average Bonchev–Trinajstić information content (AvgIpc) is 3.06. The van der Waals surface area contributed by atoms with Gasteiger partial charge in [0.2, 0.25) is 5.91 Å².